The molecule has 158 valence electrons. The maximum Gasteiger partial charge on any atom is 0.345 e. The highest BCUT2D eigenvalue weighted by Gasteiger charge is 2.33. The van der Waals surface area contributed by atoms with E-state index in [-0.39, 0.29) is 18.2 Å². The van der Waals surface area contributed by atoms with Gasteiger partial charge in [0.1, 0.15) is 11.4 Å². The van der Waals surface area contributed by atoms with Gasteiger partial charge in [-0.05, 0) is 44.9 Å². The van der Waals surface area contributed by atoms with Crippen LogP contribution in [-0.2, 0) is 20.7 Å². The molecule has 2 aliphatic rings. The van der Waals surface area contributed by atoms with E-state index in [0.717, 1.165) is 24.8 Å². The Bertz CT molecular complexity index is 953. The fourth-order valence-corrected chi connectivity index (χ4v) is 3.42. The first-order chi connectivity index (χ1) is 14.3. The Morgan fingerprint density at radius 2 is 1.93 bits per heavy atom. The summed E-state index contributed by atoms with van der Waals surface area (Å²) in [5, 5.41) is 2.82. The molecule has 0 unspecified atom stereocenters. The molecule has 7 heteroatoms. The lowest BCUT2D eigenvalue weighted by Crippen LogP contribution is -2.34. The Balaban J connectivity index is 1.43. The second-order valence-corrected chi connectivity index (χ2v) is 8.28. The molecule has 2 aromatic carbocycles. The predicted octanol–water partition coefficient (Wildman–Crippen LogP) is 3.48. The minimum atomic E-state index is -1.17. The Hall–Kier alpha value is -3.09. The Labute approximate surface area is 174 Å². The van der Waals surface area contributed by atoms with Crippen molar-refractivity contribution in [2.75, 3.05) is 6.61 Å². The van der Waals surface area contributed by atoms with Crippen molar-refractivity contribution in [3.8, 4) is 11.5 Å². The second kappa shape index (κ2) is 7.97. The molecule has 1 N–H and O–H groups in total. The summed E-state index contributed by atoms with van der Waals surface area (Å²) < 4.78 is 30.2. The lowest BCUT2D eigenvalue weighted by molar-refractivity contribution is -0.158. The van der Waals surface area contributed by atoms with Gasteiger partial charge < -0.3 is 19.5 Å². The highest BCUT2D eigenvalue weighted by atomic mass is 19.1. The summed E-state index contributed by atoms with van der Waals surface area (Å²) in [7, 11) is 0. The van der Waals surface area contributed by atoms with E-state index < -0.39 is 23.8 Å². The molecule has 4 rings (SSSR count). The molecule has 1 aliphatic carbocycles. The van der Waals surface area contributed by atoms with Gasteiger partial charge in [-0.25, -0.2) is 9.18 Å². The van der Waals surface area contributed by atoms with Crippen LogP contribution in [0.1, 0.15) is 43.9 Å². The van der Waals surface area contributed by atoms with Crippen molar-refractivity contribution in [3.63, 3.8) is 0 Å². The van der Waals surface area contributed by atoms with E-state index in [0.29, 0.717) is 17.1 Å². The average Bonchev–Trinajstić information content (AvgIpc) is 3.44. The van der Waals surface area contributed by atoms with Crippen LogP contribution in [0.2, 0.25) is 0 Å². The smallest absolute Gasteiger partial charge is 0.345 e. The lowest BCUT2D eigenvalue weighted by Gasteiger charge is -2.19. The molecule has 1 atom stereocenters. The molecule has 0 radical (unpaired) electrons. The predicted molar refractivity (Wildman–Crippen MR) is 107 cm³/mol. The van der Waals surface area contributed by atoms with Crippen LogP contribution in [0.4, 0.5) is 4.39 Å². The average molecular weight is 413 g/mol. The topological polar surface area (TPSA) is 73.9 Å². The maximum atomic E-state index is 13.3. The molecule has 1 saturated carbocycles. The SMILES string of the molecule is CC1(C)Cc2cccc(OCC(=O)O[C@H](C(=O)NC3CC3)c3ccc(F)cc3)c2O1. The summed E-state index contributed by atoms with van der Waals surface area (Å²) in [5.74, 6) is -0.489. The zero-order valence-corrected chi connectivity index (χ0v) is 16.9. The minimum Gasteiger partial charge on any atom is -0.483 e. The second-order valence-electron chi connectivity index (χ2n) is 8.28. The number of hydrogen-bond donors (Lipinski definition) is 1. The fourth-order valence-electron chi connectivity index (χ4n) is 3.42. The summed E-state index contributed by atoms with van der Waals surface area (Å²) in [6.07, 6.45) is 1.37. The molecule has 1 aliphatic heterocycles. The van der Waals surface area contributed by atoms with Crippen LogP contribution in [0.5, 0.6) is 11.5 Å². The van der Waals surface area contributed by atoms with Gasteiger partial charge in [0.25, 0.3) is 5.91 Å². The number of benzene rings is 2. The first kappa shape index (κ1) is 20.2. The van der Waals surface area contributed by atoms with Crippen molar-refractivity contribution in [2.45, 2.75) is 50.9 Å². The molecule has 1 amide bonds. The van der Waals surface area contributed by atoms with Gasteiger partial charge in [0, 0.05) is 23.6 Å². The molecule has 0 aromatic heterocycles. The van der Waals surface area contributed by atoms with Gasteiger partial charge in [-0.1, -0.05) is 24.3 Å². The number of nitrogens with one attached hydrogen (secondary N) is 1. The van der Waals surface area contributed by atoms with Crippen molar-refractivity contribution < 1.29 is 28.2 Å². The third kappa shape index (κ3) is 4.72. The number of hydrogen-bond acceptors (Lipinski definition) is 5. The molecule has 6 nitrogen and oxygen atoms in total. The van der Waals surface area contributed by atoms with E-state index in [1.54, 1.807) is 6.07 Å². The standard InChI is InChI=1S/C23H24FNO5/c1-23(2)12-15-4-3-5-18(20(15)30-23)28-13-19(26)29-21(22(27)25-17-10-11-17)14-6-8-16(24)9-7-14/h3-9,17,21H,10-13H2,1-2H3,(H,25,27)/t21-/m0/s1. The van der Waals surface area contributed by atoms with Gasteiger partial charge in [-0.2, -0.15) is 0 Å². The Kier molecular flexibility index (Phi) is 5.37. The summed E-state index contributed by atoms with van der Waals surface area (Å²) in [4.78, 5) is 25.0. The molecule has 2 aromatic rings. The molecular formula is C23H24FNO5. The normalized spacial score (nSPS) is 17.4. The van der Waals surface area contributed by atoms with Crippen molar-refractivity contribution in [1.82, 2.24) is 5.32 Å². The van der Waals surface area contributed by atoms with Crippen molar-refractivity contribution >= 4 is 11.9 Å². The minimum absolute atomic E-state index is 0.0998. The van der Waals surface area contributed by atoms with E-state index in [1.807, 2.05) is 26.0 Å². The van der Waals surface area contributed by atoms with Crippen LogP contribution >= 0.6 is 0 Å². The number of fused-ring (bicyclic) bond motifs is 1. The van der Waals surface area contributed by atoms with Crippen LogP contribution in [0.3, 0.4) is 0 Å². The lowest BCUT2D eigenvalue weighted by atomic mass is 10.0. The number of amides is 1. The molecule has 0 bridgehead atoms. The van der Waals surface area contributed by atoms with Crippen LogP contribution in [0.15, 0.2) is 42.5 Å². The third-order valence-corrected chi connectivity index (χ3v) is 4.98. The number of halogens is 1. The molecule has 30 heavy (non-hydrogen) atoms. The van der Waals surface area contributed by atoms with Crippen molar-refractivity contribution in [3.05, 3.63) is 59.4 Å². The largest absolute Gasteiger partial charge is 0.483 e. The van der Waals surface area contributed by atoms with E-state index in [1.165, 1.54) is 24.3 Å². The zero-order valence-electron chi connectivity index (χ0n) is 16.9. The molecule has 1 heterocycles. The fraction of sp³-hybridized carbons (Fsp3) is 0.391. The zero-order chi connectivity index (χ0) is 21.3. The van der Waals surface area contributed by atoms with Gasteiger partial charge in [0.2, 0.25) is 6.10 Å². The quantitative estimate of drug-likeness (QED) is 0.704. The first-order valence-corrected chi connectivity index (χ1v) is 10.00. The number of para-hydroxylation sites is 1. The Morgan fingerprint density at radius 1 is 1.20 bits per heavy atom. The van der Waals surface area contributed by atoms with Gasteiger partial charge >= 0.3 is 5.97 Å². The summed E-state index contributed by atoms with van der Waals surface area (Å²) in [5.41, 5.74) is 1.07. The summed E-state index contributed by atoms with van der Waals surface area (Å²) >= 11 is 0. The monoisotopic (exact) mass is 413 g/mol. The summed E-state index contributed by atoms with van der Waals surface area (Å²) in [6, 6.07) is 10.9. The van der Waals surface area contributed by atoms with E-state index in [2.05, 4.69) is 5.32 Å². The van der Waals surface area contributed by atoms with Crippen LogP contribution < -0.4 is 14.8 Å². The van der Waals surface area contributed by atoms with Crippen LogP contribution in [-0.4, -0.2) is 30.1 Å². The van der Waals surface area contributed by atoms with E-state index >= 15 is 0 Å². The van der Waals surface area contributed by atoms with Gasteiger partial charge in [-0.3, -0.25) is 4.79 Å². The van der Waals surface area contributed by atoms with Gasteiger partial charge in [0.05, 0.1) is 0 Å². The first-order valence-electron chi connectivity index (χ1n) is 10.00. The number of carbonyl (C=O) groups excluding carboxylic acids is 2. The number of ether oxygens (including phenoxy) is 3. The number of esters is 1. The highest BCUT2D eigenvalue weighted by molar-refractivity contribution is 5.85. The van der Waals surface area contributed by atoms with Crippen molar-refractivity contribution in [1.29, 1.82) is 0 Å². The highest BCUT2D eigenvalue weighted by Crippen LogP contribution is 2.41. The van der Waals surface area contributed by atoms with Gasteiger partial charge in [-0.15, -0.1) is 0 Å². The van der Waals surface area contributed by atoms with Crippen molar-refractivity contribution in [2.24, 2.45) is 0 Å². The Morgan fingerprint density at radius 3 is 2.63 bits per heavy atom. The van der Waals surface area contributed by atoms with E-state index in [9.17, 15) is 14.0 Å². The maximum absolute atomic E-state index is 13.3. The molecule has 0 spiro atoms. The molecule has 0 saturated heterocycles. The van der Waals surface area contributed by atoms with Gasteiger partial charge in [0.15, 0.2) is 18.1 Å². The van der Waals surface area contributed by atoms with E-state index in [4.69, 9.17) is 14.2 Å². The number of carbonyl (C=O) groups is 2. The summed E-state index contributed by atoms with van der Waals surface area (Å²) in [6.45, 7) is 3.59. The molecular weight excluding hydrogens is 389 g/mol. The molecule has 1 fully saturated rings. The third-order valence-electron chi connectivity index (χ3n) is 4.98. The number of rotatable bonds is 7. The van der Waals surface area contributed by atoms with Crippen LogP contribution in [0.25, 0.3) is 0 Å². The van der Waals surface area contributed by atoms with Crippen LogP contribution in [0, 0.1) is 5.82 Å².